The van der Waals surface area contributed by atoms with Crippen molar-refractivity contribution in [2.24, 2.45) is 9.98 Å². The zero-order valence-electron chi connectivity index (χ0n) is 4.00. The smallest absolute Gasteiger partial charge is 0.125 e. The first-order valence-corrected chi connectivity index (χ1v) is 3.13. The summed E-state index contributed by atoms with van der Waals surface area (Å²) in [7, 11) is 0. The second kappa shape index (κ2) is 2.79. The van der Waals surface area contributed by atoms with Gasteiger partial charge in [0.25, 0.3) is 0 Å². The van der Waals surface area contributed by atoms with Crippen molar-refractivity contribution < 1.29 is 0 Å². The van der Waals surface area contributed by atoms with Gasteiger partial charge >= 0.3 is 0 Å². The van der Waals surface area contributed by atoms with Crippen LogP contribution in [0.25, 0.3) is 0 Å². The Labute approximate surface area is 60.9 Å². The van der Waals surface area contributed by atoms with Crippen molar-refractivity contribution in [3.05, 3.63) is 15.9 Å². The molecule has 1 aliphatic heterocycles. The van der Waals surface area contributed by atoms with Crippen LogP contribution in [0.2, 0.25) is 0 Å². The molecule has 8 heavy (non-hydrogen) atoms. The summed E-state index contributed by atoms with van der Waals surface area (Å²) in [6.45, 7) is 0. The fraction of sp³-hybridized carbons (Fsp3) is 0. The van der Waals surface area contributed by atoms with E-state index in [1.54, 1.807) is 12.3 Å². The van der Waals surface area contributed by atoms with E-state index in [0.717, 1.165) is 3.58 Å². The standard InChI is InChI=1S/C5H3IN2/c6-5-1-2-7-4-8-3-5/h1,3-4H. The molecule has 0 radical (unpaired) electrons. The van der Waals surface area contributed by atoms with Crippen LogP contribution in [0.4, 0.5) is 0 Å². The zero-order chi connectivity index (χ0) is 5.82. The Hall–Kier alpha value is -0.410. The van der Waals surface area contributed by atoms with Crippen molar-refractivity contribution in [3.8, 4) is 0 Å². The number of aliphatic imine (C=N–C) groups is 2. The molecule has 0 aliphatic carbocycles. The molecule has 1 heterocycles. The van der Waals surface area contributed by atoms with E-state index in [1.165, 1.54) is 6.34 Å². The Kier molecular flexibility index (Phi) is 2.00. The molecule has 0 N–H and O–H groups in total. The van der Waals surface area contributed by atoms with E-state index in [-0.39, 0.29) is 0 Å². The Morgan fingerprint density at radius 2 is 2.50 bits per heavy atom. The van der Waals surface area contributed by atoms with Gasteiger partial charge in [-0.05, 0) is 28.5 Å². The van der Waals surface area contributed by atoms with Crippen LogP contribution in [0.15, 0.2) is 25.8 Å². The Bertz CT molecular complexity index is 196. The molecule has 0 aromatic heterocycles. The first-order chi connectivity index (χ1) is 3.89. The molecule has 3 heteroatoms. The van der Waals surface area contributed by atoms with Crippen molar-refractivity contribution in [1.82, 2.24) is 0 Å². The topological polar surface area (TPSA) is 24.7 Å². The summed E-state index contributed by atoms with van der Waals surface area (Å²) >= 11 is 2.15. The summed E-state index contributed by atoms with van der Waals surface area (Å²) in [5.74, 6) is 2.67. The van der Waals surface area contributed by atoms with Gasteiger partial charge in [0.05, 0.1) is 0 Å². The molecular formula is C5H3IN2. The second-order valence-electron chi connectivity index (χ2n) is 1.18. The summed E-state index contributed by atoms with van der Waals surface area (Å²) in [6, 6.07) is 0. The van der Waals surface area contributed by atoms with Gasteiger partial charge in [-0.25, -0.2) is 4.99 Å². The first kappa shape index (κ1) is 5.72. The minimum Gasteiger partial charge on any atom is -0.243 e. The molecule has 1 rings (SSSR count). The first-order valence-electron chi connectivity index (χ1n) is 2.05. The normalized spacial score (nSPS) is 15.9. The summed E-state index contributed by atoms with van der Waals surface area (Å²) < 4.78 is 1.04. The van der Waals surface area contributed by atoms with Gasteiger partial charge in [-0.15, -0.1) is 0 Å². The van der Waals surface area contributed by atoms with E-state index >= 15 is 0 Å². The zero-order valence-corrected chi connectivity index (χ0v) is 6.16. The number of allylic oxidation sites excluding steroid dienone is 2. The van der Waals surface area contributed by atoms with Gasteiger partial charge in [0.1, 0.15) is 6.34 Å². The van der Waals surface area contributed by atoms with E-state index in [9.17, 15) is 0 Å². The molecule has 0 atom stereocenters. The summed E-state index contributed by atoms with van der Waals surface area (Å²) in [6.07, 6.45) is 4.96. The lowest BCUT2D eigenvalue weighted by Gasteiger charge is -1.74. The van der Waals surface area contributed by atoms with E-state index in [2.05, 4.69) is 38.4 Å². The van der Waals surface area contributed by atoms with Gasteiger partial charge in [0, 0.05) is 15.9 Å². The van der Waals surface area contributed by atoms with E-state index in [1.807, 2.05) is 0 Å². The van der Waals surface area contributed by atoms with Crippen molar-refractivity contribution in [2.75, 3.05) is 0 Å². The SMILES string of the molecule is IC1=CN=CN=C=C1. The Morgan fingerprint density at radius 1 is 1.62 bits per heavy atom. The predicted molar refractivity (Wildman–Crippen MR) is 42.6 cm³/mol. The molecule has 0 saturated heterocycles. The van der Waals surface area contributed by atoms with Crippen LogP contribution in [0.3, 0.4) is 0 Å². The minimum atomic E-state index is 1.04. The number of rotatable bonds is 0. The summed E-state index contributed by atoms with van der Waals surface area (Å²) in [4.78, 5) is 7.46. The largest absolute Gasteiger partial charge is 0.243 e. The quantitative estimate of drug-likeness (QED) is 0.551. The van der Waals surface area contributed by atoms with Crippen LogP contribution >= 0.6 is 22.6 Å². The van der Waals surface area contributed by atoms with Crippen molar-refractivity contribution >= 4 is 34.8 Å². The highest BCUT2D eigenvalue weighted by Gasteiger charge is 1.80. The maximum absolute atomic E-state index is 3.80. The predicted octanol–water partition coefficient (Wildman–Crippen LogP) is 1.53. The molecule has 0 amide bonds. The highest BCUT2D eigenvalue weighted by atomic mass is 127. The summed E-state index contributed by atoms with van der Waals surface area (Å²) in [5, 5.41) is 0. The molecule has 2 nitrogen and oxygen atoms in total. The van der Waals surface area contributed by atoms with Crippen LogP contribution in [0.1, 0.15) is 0 Å². The average molecular weight is 218 g/mol. The number of halogens is 1. The van der Waals surface area contributed by atoms with E-state index in [0.29, 0.717) is 0 Å². The molecule has 40 valence electrons. The number of hydrogen-bond donors (Lipinski definition) is 0. The molecule has 0 unspecified atom stereocenters. The Balaban J connectivity index is 2.94. The van der Waals surface area contributed by atoms with Gasteiger partial charge in [0.2, 0.25) is 0 Å². The molecule has 0 aromatic carbocycles. The third-order valence-electron chi connectivity index (χ3n) is 0.599. The number of hydrogen-bond acceptors (Lipinski definition) is 2. The fourth-order valence-corrected chi connectivity index (χ4v) is 0.607. The minimum absolute atomic E-state index is 1.04. The molecule has 0 aromatic rings. The maximum atomic E-state index is 3.80. The van der Waals surface area contributed by atoms with Crippen LogP contribution in [-0.4, -0.2) is 12.2 Å². The molecule has 0 spiro atoms. The average Bonchev–Trinajstić information content (AvgIpc) is 1.94. The number of nitrogens with zero attached hydrogens (tertiary/aromatic N) is 2. The highest BCUT2D eigenvalue weighted by Crippen LogP contribution is 2.05. The lowest BCUT2D eigenvalue weighted by molar-refractivity contribution is 1.57. The molecule has 0 bridgehead atoms. The van der Waals surface area contributed by atoms with E-state index in [4.69, 9.17) is 0 Å². The highest BCUT2D eigenvalue weighted by molar-refractivity contribution is 14.1. The monoisotopic (exact) mass is 218 g/mol. The van der Waals surface area contributed by atoms with Crippen LogP contribution in [0.5, 0.6) is 0 Å². The molecule has 0 fully saturated rings. The second-order valence-corrected chi connectivity index (χ2v) is 2.43. The van der Waals surface area contributed by atoms with Crippen molar-refractivity contribution in [2.45, 2.75) is 0 Å². The van der Waals surface area contributed by atoms with Gasteiger partial charge in [-0.1, -0.05) is 0 Å². The van der Waals surface area contributed by atoms with Crippen molar-refractivity contribution in [1.29, 1.82) is 0 Å². The maximum Gasteiger partial charge on any atom is 0.125 e. The van der Waals surface area contributed by atoms with Gasteiger partial charge in [0.15, 0.2) is 0 Å². The van der Waals surface area contributed by atoms with Gasteiger partial charge < -0.3 is 0 Å². The molecule has 1 aliphatic rings. The van der Waals surface area contributed by atoms with Crippen LogP contribution in [-0.2, 0) is 0 Å². The van der Waals surface area contributed by atoms with Crippen LogP contribution in [0, 0.1) is 0 Å². The lowest BCUT2D eigenvalue weighted by Crippen LogP contribution is -1.55. The van der Waals surface area contributed by atoms with Gasteiger partial charge in [-0.3, -0.25) is 0 Å². The van der Waals surface area contributed by atoms with Gasteiger partial charge in [-0.2, -0.15) is 4.99 Å². The molecular weight excluding hydrogens is 215 g/mol. The third kappa shape index (κ3) is 1.60. The lowest BCUT2D eigenvalue weighted by atomic mass is 10.6. The third-order valence-corrected chi connectivity index (χ3v) is 1.19. The van der Waals surface area contributed by atoms with E-state index < -0.39 is 0 Å². The van der Waals surface area contributed by atoms with Crippen LogP contribution < -0.4 is 0 Å². The Morgan fingerprint density at radius 3 is 3.38 bits per heavy atom. The molecule has 0 saturated carbocycles. The summed E-state index contributed by atoms with van der Waals surface area (Å²) in [5.41, 5.74) is 0. The van der Waals surface area contributed by atoms with Crippen molar-refractivity contribution in [3.63, 3.8) is 0 Å². The fourth-order valence-electron chi connectivity index (χ4n) is 0.307.